The van der Waals surface area contributed by atoms with Crippen LogP contribution in [0.2, 0.25) is 0 Å². The van der Waals surface area contributed by atoms with Crippen LogP contribution < -0.4 is 5.32 Å². The lowest BCUT2D eigenvalue weighted by atomic mass is 10.0. The molecule has 0 aliphatic carbocycles. The summed E-state index contributed by atoms with van der Waals surface area (Å²) in [4.78, 5) is 39.7. The molecule has 0 radical (unpaired) electrons. The van der Waals surface area contributed by atoms with E-state index in [1.807, 2.05) is 31.2 Å². The molecule has 0 unspecified atom stereocenters. The number of nitrogens with one attached hydrogen (secondary N) is 1. The summed E-state index contributed by atoms with van der Waals surface area (Å²) < 4.78 is 0. The molecule has 3 heterocycles. The number of likely N-dealkylation sites (N-methyl/N-ethyl adjacent to an activating group) is 1. The van der Waals surface area contributed by atoms with Gasteiger partial charge in [-0.25, -0.2) is 0 Å². The number of rotatable bonds is 4. The van der Waals surface area contributed by atoms with Crippen molar-refractivity contribution in [3.8, 4) is 11.3 Å². The highest BCUT2D eigenvalue weighted by molar-refractivity contribution is 6.19. The summed E-state index contributed by atoms with van der Waals surface area (Å²) in [6.45, 7) is 2.55. The van der Waals surface area contributed by atoms with Crippen LogP contribution in [0.3, 0.4) is 0 Å². The van der Waals surface area contributed by atoms with Crippen molar-refractivity contribution < 1.29 is 14.4 Å². The molecule has 8 heteroatoms. The van der Waals surface area contributed by atoms with E-state index >= 15 is 0 Å². The van der Waals surface area contributed by atoms with Crippen molar-refractivity contribution in [3.63, 3.8) is 0 Å². The Morgan fingerprint density at radius 1 is 1.07 bits per heavy atom. The van der Waals surface area contributed by atoms with Crippen LogP contribution in [0, 0.1) is 6.92 Å². The molecule has 1 N–H and O–H groups in total. The van der Waals surface area contributed by atoms with Gasteiger partial charge in [0.15, 0.2) is 5.82 Å². The lowest BCUT2D eigenvalue weighted by Gasteiger charge is -2.28. The Morgan fingerprint density at radius 2 is 1.83 bits per heavy atom. The Bertz CT molecular complexity index is 1010. The third kappa shape index (κ3) is 3.61. The fourth-order valence-electron chi connectivity index (χ4n) is 3.58. The van der Waals surface area contributed by atoms with Gasteiger partial charge in [-0.2, -0.15) is 0 Å². The van der Waals surface area contributed by atoms with Gasteiger partial charge in [0.05, 0.1) is 12.2 Å². The molecule has 8 nitrogen and oxygen atoms in total. The first-order chi connectivity index (χ1) is 13.9. The SMILES string of the molecule is Cc1ccc(-c2ccc(NC(=O)CN3CCCC4=C3C(=O)N(C)C4=O)nn2)cc1. The summed E-state index contributed by atoms with van der Waals surface area (Å²) in [6.07, 6.45) is 1.29. The van der Waals surface area contributed by atoms with Crippen molar-refractivity contribution in [2.75, 3.05) is 25.5 Å². The number of imide groups is 1. The highest BCUT2D eigenvalue weighted by Gasteiger charge is 2.40. The Balaban J connectivity index is 1.43. The van der Waals surface area contributed by atoms with Gasteiger partial charge in [0.2, 0.25) is 5.91 Å². The first-order valence-electron chi connectivity index (χ1n) is 9.45. The average molecular weight is 391 g/mol. The first-order valence-corrected chi connectivity index (χ1v) is 9.45. The number of carbonyl (C=O) groups is 3. The number of hydrogen-bond acceptors (Lipinski definition) is 6. The fraction of sp³-hybridized carbons (Fsp3) is 0.286. The fourth-order valence-corrected chi connectivity index (χ4v) is 3.58. The number of amides is 3. The van der Waals surface area contributed by atoms with Crippen molar-refractivity contribution in [2.24, 2.45) is 0 Å². The van der Waals surface area contributed by atoms with Crippen LogP contribution in [0.5, 0.6) is 0 Å². The predicted molar refractivity (Wildman–Crippen MR) is 106 cm³/mol. The largest absolute Gasteiger partial charge is 0.357 e. The molecule has 2 aliphatic rings. The Kier molecular flexibility index (Phi) is 4.84. The number of nitrogens with zero attached hydrogens (tertiary/aromatic N) is 4. The minimum Gasteiger partial charge on any atom is -0.357 e. The second-order valence-corrected chi connectivity index (χ2v) is 7.24. The molecule has 0 bridgehead atoms. The van der Waals surface area contributed by atoms with Gasteiger partial charge in [0.25, 0.3) is 11.8 Å². The van der Waals surface area contributed by atoms with Crippen molar-refractivity contribution >= 4 is 23.5 Å². The molecule has 2 aromatic rings. The molecule has 148 valence electrons. The number of benzene rings is 1. The predicted octanol–water partition coefficient (Wildman–Crippen LogP) is 1.74. The van der Waals surface area contributed by atoms with Gasteiger partial charge < -0.3 is 10.2 Å². The second-order valence-electron chi connectivity index (χ2n) is 7.24. The molecule has 0 saturated carbocycles. The van der Waals surface area contributed by atoms with Crippen molar-refractivity contribution in [1.82, 2.24) is 20.0 Å². The van der Waals surface area contributed by atoms with E-state index < -0.39 is 0 Å². The van der Waals surface area contributed by atoms with Crippen molar-refractivity contribution in [3.05, 3.63) is 53.2 Å². The maximum Gasteiger partial charge on any atom is 0.277 e. The lowest BCUT2D eigenvalue weighted by molar-refractivity contribution is -0.136. The molecule has 2 aliphatic heterocycles. The molecule has 0 atom stereocenters. The van der Waals surface area contributed by atoms with Gasteiger partial charge in [0.1, 0.15) is 5.70 Å². The first kappa shape index (κ1) is 18.8. The zero-order valence-electron chi connectivity index (χ0n) is 16.3. The van der Waals surface area contributed by atoms with Crippen LogP contribution in [0.15, 0.2) is 47.7 Å². The maximum atomic E-state index is 12.5. The van der Waals surface area contributed by atoms with Gasteiger partial charge in [-0.05, 0) is 31.9 Å². The number of aryl methyl sites for hydroxylation is 1. The van der Waals surface area contributed by atoms with E-state index in [1.54, 1.807) is 17.0 Å². The van der Waals surface area contributed by atoms with Crippen molar-refractivity contribution in [2.45, 2.75) is 19.8 Å². The minimum atomic E-state index is -0.347. The van der Waals surface area contributed by atoms with Gasteiger partial charge >= 0.3 is 0 Å². The molecular weight excluding hydrogens is 370 g/mol. The van der Waals surface area contributed by atoms with E-state index in [-0.39, 0.29) is 24.3 Å². The normalized spacial score (nSPS) is 16.3. The molecule has 1 aromatic carbocycles. The smallest absolute Gasteiger partial charge is 0.277 e. The summed E-state index contributed by atoms with van der Waals surface area (Å²) in [7, 11) is 1.46. The van der Waals surface area contributed by atoms with Crippen LogP contribution in [0.4, 0.5) is 5.82 Å². The van der Waals surface area contributed by atoms with Crippen LogP contribution in [-0.2, 0) is 14.4 Å². The summed E-state index contributed by atoms with van der Waals surface area (Å²) in [5.74, 6) is -0.596. The molecule has 0 spiro atoms. The van der Waals surface area contributed by atoms with E-state index in [2.05, 4.69) is 15.5 Å². The quantitative estimate of drug-likeness (QED) is 0.798. The van der Waals surface area contributed by atoms with E-state index in [4.69, 9.17) is 0 Å². The zero-order chi connectivity index (χ0) is 20.5. The van der Waals surface area contributed by atoms with E-state index in [0.717, 1.165) is 22.4 Å². The van der Waals surface area contributed by atoms with Gasteiger partial charge in [-0.3, -0.25) is 19.3 Å². The number of anilines is 1. The highest BCUT2D eigenvalue weighted by atomic mass is 16.2. The van der Waals surface area contributed by atoms with Crippen LogP contribution >= 0.6 is 0 Å². The Morgan fingerprint density at radius 3 is 2.52 bits per heavy atom. The van der Waals surface area contributed by atoms with E-state index in [0.29, 0.717) is 35.7 Å². The van der Waals surface area contributed by atoms with Gasteiger partial charge in [-0.1, -0.05) is 29.8 Å². The number of hydrogen-bond donors (Lipinski definition) is 1. The number of carbonyl (C=O) groups excluding carboxylic acids is 3. The molecule has 1 aromatic heterocycles. The van der Waals surface area contributed by atoms with Crippen LogP contribution in [0.25, 0.3) is 11.3 Å². The average Bonchev–Trinajstić information content (AvgIpc) is 2.94. The molecule has 4 rings (SSSR count). The summed E-state index contributed by atoms with van der Waals surface area (Å²) in [5.41, 5.74) is 3.67. The summed E-state index contributed by atoms with van der Waals surface area (Å²) >= 11 is 0. The van der Waals surface area contributed by atoms with Crippen LogP contribution in [-0.4, -0.2) is 57.9 Å². The molecule has 3 amide bonds. The zero-order valence-corrected chi connectivity index (χ0v) is 16.3. The third-order valence-corrected chi connectivity index (χ3v) is 5.14. The van der Waals surface area contributed by atoms with Crippen molar-refractivity contribution in [1.29, 1.82) is 0 Å². The molecular formula is C21H21N5O3. The standard InChI is InChI=1S/C21H21N5O3/c1-13-5-7-14(8-6-13)16-9-10-17(24-23-16)22-18(27)12-26-11-3-4-15-19(26)21(29)25(2)20(15)28/h5-10H,3-4,11-12H2,1-2H3,(H,22,24,27). The lowest BCUT2D eigenvalue weighted by Crippen LogP contribution is -2.38. The molecule has 29 heavy (non-hydrogen) atoms. The Labute approximate surface area is 168 Å². The van der Waals surface area contributed by atoms with Crippen LogP contribution in [0.1, 0.15) is 18.4 Å². The summed E-state index contributed by atoms with van der Waals surface area (Å²) in [5, 5.41) is 11.0. The monoisotopic (exact) mass is 391 g/mol. The summed E-state index contributed by atoms with van der Waals surface area (Å²) in [6, 6.07) is 11.4. The number of aromatic nitrogens is 2. The van der Waals surface area contributed by atoms with Gasteiger partial charge in [0, 0.05) is 24.7 Å². The minimum absolute atomic E-state index is 0.0207. The maximum absolute atomic E-state index is 12.5. The van der Waals surface area contributed by atoms with E-state index in [1.165, 1.54) is 7.05 Å². The van der Waals surface area contributed by atoms with E-state index in [9.17, 15) is 14.4 Å². The molecule has 0 saturated heterocycles. The molecule has 0 fully saturated rings. The highest BCUT2D eigenvalue weighted by Crippen LogP contribution is 2.30. The topological polar surface area (TPSA) is 95.5 Å². The third-order valence-electron chi connectivity index (χ3n) is 5.14. The second kappa shape index (κ2) is 7.46. The van der Waals surface area contributed by atoms with Gasteiger partial charge in [-0.15, -0.1) is 10.2 Å². The Hall–Kier alpha value is -3.55.